The minimum absolute atomic E-state index is 0.0996. The van der Waals surface area contributed by atoms with E-state index in [1.807, 2.05) is 6.92 Å². The molecule has 16 heavy (non-hydrogen) atoms. The van der Waals surface area contributed by atoms with Gasteiger partial charge in [-0.05, 0) is 36.6 Å². The first-order valence-corrected chi connectivity index (χ1v) is 5.13. The molecule has 0 radical (unpaired) electrons. The minimum atomic E-state index is -0.0996. The molecular formula is C11H14N4O. The van der Waals surface area contributed by atoms with Gasteiger partial charge in [0.1, 0.15) is 0 Å². The highest BCUT2D eigenvalue weighted by molar-refractivity contribution is 5.94. The van der Waals surface area contributed by atoms with Gasteiger partial charge in [-0.15, -0.1) is 0 Å². The first kappa shape index (κ1) is 12.1. The Labute approximate surface area is 94.1 Å². The molecule has 0 heterocycles. The fourth-order valence-corrected chi connectivity index (χ4v) is 1.30. The molecule has 5 heteroatoms. The fraction of sp³-hybridized carbons (Fsp3) is 0.364. The molecule has 0 saturated heterocycles. The molecule has 0 aromatic heterocycles. The fourth-order valence-electron chi connectivity index (χ4n) is 1.30. The Morgan fingerprint density at radius 2 is 2.31 bits per heavy atom. The van der Waals surface area contributed by atoms with Crippen LogP contribution in [0.4, 0.5) is 5.69 Å². The molecule has 0 bridgehead atoms. The van der Waals surface area contributed by atoms with E-state index in [0.29, 0.717) is 17.8 Å². The Balaban J connectivity index is 2.88. The van der Waals surface area contributed by atoms with Gasteiger partial charge in [-0.25, -0.2) is 0 Å². The number of carbonyl (C=O) groups excluding carboxylic acids is 1. The number of amides is 1. The van der Waals surface area contributed by atoms with E-state index in [2.05, 4.69) is 15.3 Å². The number of hydrogen-bond donors (Lipinski definition) is 1. The summed E-state index contributed by atoms with van der Waals surface area (Å²) in [5.74, 6) is -0.0996. The zero-order valence-electron chi connectivity index (χ0n) is 9.40. The Morgan fingerprint density at radius 3 is 2.88 bits per heavy atom. The Morgan fingerprint density at radius 1 is 1.56 bits per heavy atom. The van der Waals surface area contributed by atoms with Crippen molar-refractivity contribution in [2.24, 2.45) is 5.11 Å². The van der Waals surface area contributed by atoms with Gasteiger partial charge in [-0.1, -0.05) is 18.1 Å². The van der Waals surface area contributed by atoms with Gasteiger partial charge in [0, 0.05) is 22.7 Å². The van der Waals surface area contributed by atoms with E-state index in [4.69, 9.17) is 5.53 Å². The molecule has 0 aliphatic rings. The average molecular weight is 218 g/mol. The number of rotatable bonds is 4. The second kappa shape index (κ2) is 5.78. The summed E-state index contributed by atoms with van der Waals surface area (Å²) in [6.07, 6.45) is 0.904. The van der Waals surface area contributed by atoms with Gasteiger partial charge < -0.3 is 5.32 Å². The van der Waals surface area contributed by atoms with Gasteiger partial charge in [0.15, 0.2) is 0 Å². The van der Waals surface area contributed by atoms with E-state index in [0.717, 1.165) is 12.0 Å². The van der Waals surface area contributed by atoms with E-state index in [1.165, 1.54) is 0 Å². The summed E-state index contributed by atoms with van der Waals surface area (Å²) in [5.41, 5.74) is 10.2. The lowest BCUT2D eigenvalue weighted by Crippen LogP contribution is -2.23. The molecule has 0 aliphatic heterocycles. The van der Waals surface area contributed by atoms with Crippen molar-refractivity contribution in [2.45, 2.75) is 20.3 Å². The number of azide groups is 1. The molecule has 0 aliphatic carbocycles. The summed E-state index contributed by atoms with van der Waals surface area (Å²) >= 11 is 0. The van der Waals surface area contributed by atoms with Gasteiger partial charge in [0.25, 0.3) is 5.91 Å². The van der Waals surface area contributed by atoms with Gasteiger partial charge in [-0.2, -0.15) is 0 Å². The lowest BCUT2D eigenvalue weighted by molar-refractivity contribution is 0.0953. The molecule has 1 rings (SSSR count). The van der Waals surface area contributed by atoms with Gasteiger partial charge in [0.05, 0.1) is 0 Å². The van der Waals surface area contributed by atoms with Crippen LogP contribution >= 0.6 is 0 Å². The lowest BCUT2D eigenvalue weighted by atomic mass is 10.1. The van der Waals surface area contributed by atoms with Crippen molar-refractivity contribution in [3.63, 3.8) is 0 Å². The average Bonchev–Trinajstić information content (AvgIpc) is 2.29. The molecule has 5 nitrogen and oxygen atoms in total. The molecule has 1 aromatic rings. The maximum absolute atomic E-state index is 11.6. The predicted octanol–water partition coefficient (Wildman–Crippen LogP) is 3.08. The molecule has 0 saturated carbocycles. The van der Waals surface area contributed by atoms with Crippen LogP contribution in [0.5, 0.6) is 0 Å². The zero-order valence-corrected chi connectivity index (χ0v) is 9.40. The molecule has 0 unspecified atom stereocenters. The van der Waals surface area contributed by atoms with E-state index < -0.39 is 0 Å². The number of benzene rings is 1. The van der Waals surface area contributed by atoms with Crippen LogP contribution in [-0.4, -0.2) is 12.5 Å². The topological polar surface area (TPSA) is 77.9 Å². The summed E-state index contributed by atoms with van der Waals surface area (Å²) in [4.78, 5) is 14.3. The number of carbonyl (C=O) groups is 1. The van der Waals surface area contributed by atoms with Crippen molar-refractivity contribution in [1.29, 1.82) is 0 Å². The molecule has 1 amide bonds. The smallest absolute Gasteiger partial charge is 0.251 e. The highest BCUT2D eigenvalue weighted by Crippen LogP contribution is 2.19. The highest BCUT2D eigenvalue weighted by atomic mass is 16.1. The van der Waals surface area contributed by atoms with Crippen molar-refractivity contribution in [1.82, 2.24) is 5.32 Å². The third-order valence-corrected chi connectivity index (χ3v) is 2.15. The maximum atomic E-state index is 11.6. The van der Waals surface area contributed by atoms with Crippen LogP contribution in [0.3, 0.4) is 0 Å². The Kier molecular flexibility index (Phi) is 4.36. The largest absolute Gasteiger partial charge is 0.352 e. The first-order chi connectivity index (χ1) is 7.69. The quantitative estimate of drug-likeness (QED) is 0.470. The molecule has 1 N–H and O–H groups in total. The third kappa shape index (κ3) is 3.00. The van der Waals surface area contributed by atoms with Gasteiger partial charge in [-0.3, -0.25) is 4.79 Å². The molecule has 1 aromatic carbocycles. The van der Waals surface area contributed by atoms with Crippen LogP contribution < -0.4 is 5.32 Å². The third-order valence-electron chi connectivity index (χ3n) is 2.15. The second-order valence-electron chi connectivity index (χ2n) is 3.45. The number of aryl methyl sites for hydroxylation is 1. The van der Waals surface area contributed by atoms with Crippen molar-refractivity contribution in [3.8, 4) is 0 Å². The number of hydrogen-bond acceptors (Lipinski definition) is 2. The molecule has 84 valence electrons. The van der Waals surface area contributed by atoms with Crippen LogP contribution in [0, 0.1) is 6.92 Å². The second-order valence-corrected chi connectivity index (χ2v) is 3.45. The van der Waals surface area contributed by atoms with Gasteiger partial charge in [0.2, 0.25) is 0 Å². The van der Waals surface area contributed by atoms with Crippen LogP contribution in [-0.2, 0) is 0 Å². The van der Waals surface area contributed by atoms with E-state index in [9.17, 15) is 4.79 Å². The number of nitrogens with one attached hydrogen (secondary N) is 1. The molecule has 0 spiro atoms. The van der Waals surface area contributed by atoms with Crippen molar-refractivity contribution in [2.75, 3.05) is 6.54 Å². The van der Waals surface area contributed by atoms with Crippen molar-refractivity contribution in [3.05, 3.63) is 39.8 Å². The Bertz CT molecular complexity index is 436. The minimum Gasteiger partial charge on any atom is -0.352 e. The highest BCUT2D eigenvalue weighted by Gasteiger charge is 2.05. The SMILES string of the molecule is CCCNC(=O)c1ccc(N=[N+]=[N-])c(C)c1. The summed E-state index contributed by atoms with van der Waals surface area (Å²) in [7, 11) is 0. The number of nitrogens with zero attached hydrogens (tertiary/aromatic N) is 3. The first-order valence-electron chi connectivity index (χ1n) is 5.13. The zero-order chi connectivity index (χ0) is 12.0. The van der Waals surface area contributed by atoms with Crippen molar-refractivity contribution >= 4 is 11.6 Å². The predicted molar refractivity (Wildman–Crippen MR) is 62.6 cm³/mol. The van der Waals surface area contributed by atoms with E-state index in [1.54, 1.807) is 25.1 Å². The molecule has 0 fully saturated rings. The summed E-state index contributed by atoms with van der Waals surface area (Å²) in [5, 5.41) is 6.30. The summed E-state index contributed by atoms with van der Waals surface area (Å²) in [6, 6.07) is 5.02. The molecular weight excluding hydrogens is 204 g/mol. The normalized spacial score (nSPS) is 9.38. The van der Waals surface area contributed by atoms with Crippen LogP contribution in [0.25, 0.3) is 10.4 Å². The van der Waals surface area contributed by atoms with E-state index >= 15 is 0 Å². The molecule has 0 atom stereocenters. The van der Waals surface area contributed by atoms with Crippen LogP contribution in [0.15, 0.2) is 23.3 Å². The summed E-state index contributed by atoms with van der Waals surface area (Å²) in [6.45, 7) is 4.47. The Hall–Kier alpha value is -2.00. The van der Waals surface area contributed by atoms with Crippen LogP contribution in [0.1, 0.15) is 29.3 Å². The van der Waals surface area contributed by atoms with Crippen molar-refractivity contribution < 1.29 is 4.79 Å². The van der Waals surface area contributed by atoms with Gasteiger partial charge >= 0.3 is 0 Å². The lowest BCUT2D eigenvalue weighted by Gasteiger charge is -2.05. The van der Waals surface area contributed by atoms with E-state index in [-0.39, 0.29) is 5.91 Å². The van der Waals surface area contributed by atoms with Crippen LogP contribution in [0.2, 0.25) is 0 Å². The monoisotopic (exact) mass is 218 g/mol. The standard InChI is InChI=1S/C11H14N4O/c1-3-6-13-11(16)9-4-5-10(14-15-12)8(2)7-9/h4-5,7H,3,6H2,1-2H3,(H,13,16). The maximum Gasteiger partial charge on any atom is 0.251 e. The summed E-state index contributed by atoms with van der Waals surface area (Å²) < 4.78 is 0.